The van der Waals surface area contributed by atoms with Gasteiger partial charge in [0.05, 0.1) is 16.6 Å². The van der Waals surface area contributed by atoms with E-state index in [0.717, 1.165) is 4.57 Å². The van der Waals surface area contributed by atoms with Gasteiger partial charge >= 0.3 is 5.69 Å². The van der Waals surface area contributed by atoms with Crippen molar-refractivity contribution in [1.29, 1.82) is 0 Å². The number of carbonyl (C=O) groups is 1. The van der Waals surface area contributed by atoms with E-state index in [0.29, 0.717) is 10.9 Å². The zero-order valence-electron chi connectivity index (χ0n) is 13.5. The summed E-state index contributed by atoms with van der Waals surface area (Å²) in [6.45, 7) is 1.67. The summed E-state index contributed by atoms with van der Waals surface area (Å²) in [4.78, 5) is 40.1. The van der Waals surface area contributed by atoms with Crippen molar-refractivity contribution in [2.75, 3.05) is 5.32 Å². The molecule has 0 spiro atoms. The third kappa shape index (κ3) is 3.08. The average Bonchev–Trinajstić information content (AvgIpc) is 2.60. The summed E-state index contributed by atoms with van der Waals surface area (Å²) in [6.07, 6.45) is 0.196. The minimum atomic E-state index is -1.06. The lowest BCUT2D eigenvalue weighted by atomic mass is 10.1. The van der Waals surface area contributed by atoms with Crippen LogP contribution in [0.1, 0.15) is 19.4 Å². The molecule has 3 aromatic rings. The second kappa shape index (κ2) is 6.72. The van der Waals surface area contributed by atoms with Crippen molar-refractivity contribution >= 4 is 22.5 Å². The highest BCUT2D eigenvalue weighted by atomic mass is 19.1. The second-order valence-corrected chi connectivity index (χ2v) is 5.54. The number of aromatic nitrogens is 2. The van der Waals surface area contributed by atoms with Crippen LogP contribution < -0.4 is 16.6 Å². The average molecular weight is 341 g/mol. The molecule has 0 fully saturated rings. The lowest BCUT2D eigenvalue weighted by molar-refractivity contribution is -0.119. The number of hydrogen-bond donors (Lipinski definition) is 2. The van der Waals surface area contributed by atoms with Crippen LogP contribution in [0.25, 0.3) is 10.9 Å². The highest BCUT2D eigenvalue weighted by Gasteiger charge is 2.24. The van der Waals surface area contributed by atoms with Crippen molar-refractivity contribution in [1.82, 2.24) is 9.55 Å². The molecule has 6 nitrogen and oxygen atoms in total. The molecular weight excluding hydrogens is 325 g/mol. The highest BCUT2D eigenvalue weighted by Crippen LogP contribution is 2.16. The van der Waals surface area contributed by atoms with Crippen molar-refractivity contribution in [3.05, 3.63) is 75.2 Å². The smallest absolute Gasteiger partial charge is 0.322 e. The van der Waals surface area contributed by atoms with Gasteiger partial charge in [-0.25, -0.2) is 13.8 Å². The lowest BCUT2D eigenvalue weighted by Crippen LogP contribution is -2.42. The summed E-state index contributed by atoms with van der Waals surface area (Å²) in [5, 5.41) is 2.74. The summed E-state index contributed by atoms with van der Waals surface area (Å²) in [6, 6.07) is 11.2. The summed E-state index contributed by atoms with van der Waals surface area (Å²) < 4.78 is 14.6. The number of para-hydroxylation sites is 2. The predicted molar refractivity (Wildman–Crippen MR) is 93.2 cm³/mol. The fraction of sp³-hybridized carbons (Fsp3) is 0.167. The Morgan fingerprint density at radius 1 is 1.16 bits per heavy atom. The second-order valence-electron chi connectivity index (χ2n) is 5.54. The Kier molecular flexibility index (Phi) is 4.47. The molecule has 0 aliphatic rings. The first-order valence-corrected chi connectivity index (χ1v) is 7.82. The molecule has 1 aromatic heterocycles. The maximum atomic E-state index is 13.7. The number of carbonyl (C=O) groups excluding carboxylic acids is 1. The van der Waals surface area contributed by atoms with Crippen LogP contribution in [0.4, 0.5) is 10.1 Å². The van der Waals surface area contributed by atoms with Crippen LogP contribution in [0.2, 0.25) is 0 Å². The first kappa shape index (κ1) is 16.6. The SMILES string of the molecule is CC[C@@H](C(=O)Nc1ccccc1F)n1c(=O)[nH]c2ccccc2c1=O. The van der Waals surface area contributed by atoms with Crippen molar-refractivity contribution < 1.29 is 9.18 Å². The Labute approximate surface area is 141 Å². The Bertz CT molecular complexity index is 1060. The molecule has 1 heterocycles. The van der Waals surface area contributed by atoms with E-state index in [1.54, 1.807) is 37.3 Å². The number of fused-ring (bicyclic) bond motifs is 1. The third-order valence-corrected chi connectivity index (χ3v) is 3.97. The third-order valence-electron chi connectivity index (χ3n) is 3.97. The summed E-state index contributed by atoms with van der Waals surface area (Å²) in [5.74, 6) is -1.22. The van der Waals surface area contributed by atoms with E-state index >= 15 is 0 Å². The highest BCUT2D eigenvalue weighted by molar-refractivity contribution is 5.94. The van der Waals surface area contributed by atoms with Gasteiger partial charge in [-0.2, -0.15) is 0 Å². The van der Waals surface area contributed by atoms with Crippen LogP contribution in [0, 0.1) is 5.82 Å². The van der Waals surface area contributed by atoms with E-state index in [4.69, 9.17) is 0 Å². The fourth-order valence-corrected chi connectivity index (χ4v) is 2.72. The summed E-state index contributed by atoms with van der Waals surface area (Å²) in [5.41, 5.74) is -0.844. The summed E-state index contributed by atoms with van der Waals surface area (Å²) in [7, 11) is 0. The molecule has 0 bridgehead atoms. The molecule has 7 heteroatoms. The molecule has 0 unspecified atom stereocenters. The van der Waals surface area contributed by atoms with Crippen LogP contribution in [0.15, 0.2) is 58.1 Å². The van der Waals surface area contributed by atoms with Gasteiger partial charge in [0.2, 0.25) is 5.91 Å². The van der Waals surface area contributed by atoms with E-state index in [-0.39, 0.29) is 12.1 Å². The lowest BCUT2D eigenvalue weighted by Gasteiger charge is -2.17. The molecule has 0 aliphatic carbocycles. The van der Waals surface area contributed by atoms with Crippen molar-refractivity contribution in [2.24, 2.45) is 0 Å². The van der Waals surface area contributed by atoms with Gasteiger partial charge in [0.15, 0.2) is 0 Å². The number of nitrogens with zero attached hydrogens (tertiary/aromatic N) is 1. The Balaban J connectivity index is 2.05. The zero-order valence-corrected chi connectivity index (χ0v) is 13.5. The molecule has 128 valence electrons. The van der Waals surface area contributed by atoms with Crippen LogP contribution >= 0.6 is 0 Å². The zero-order chi connectivity index (χ0) is 18.0. The van der Waals surface area contributed by atoms with Crippen molar-refractivity contribution in [2.45, 2.75) is 19.4 Å². The molecule has 2 aromatic carbocycles. The molecular formula is C18H16FN3O3. The van der Waals surface area contributed by atoms with E-state index in [1.165, 1.54) is 18.2 Å². The number of anilines is 1. The van der Waals surface area contributed by atoms with E-state index in [1.807, 2.05) is 0 Å². The van der Waals surface area contributed by atoms with Gasteiger partial charge in [-0.05, 0) is 30.7 Å². The van der Waals surface area contributed by atoms with E-state index < -0.39 is 29.0 Å². The normalized spacial score (nSPS) is 12.1. The van der Waals surface area contributed by atoms with Gasteiger partial charge in [0.1, 0.15) is 11.9 Å². The number of benzene rings is 2. The van der Waals surface area contributed by atoms with Gasteiger partial charge in [0, 0.05) is 0 Å². The minimum absolute atomic E-state index is 0.00350. The number of H-pyrrole nitrogens is 1. The molecule has 25 heavy (non-hydrogen) atoms. The molecule has 1 atom stereocenters. The standard InChI is InChI=1S/C18H16FN3O3/c1-2-15(16(23)20-14-10-6-4-8-12(14)19)22-17(24)11-7-3-5-9-13(11)21-18(22)25/h3-10,15H,2H2,1H3,(H,20,23)(H,21,25)/t15-/m0/s1. The maximum absolute atomic E-state index is 13.7. The van der Waals surface area contributed by atoms with Gasteiger partial charge < -0.3 is 10.3 Å². The molecule has 2 N–H and O–H groups in total. The Hall–Kier alpha value is -3.22. The number of hydrogen-bond acceptors (Lipinski definition) is 3. The fourth-order valence-electron chi connectivity index (χ4n) is 2.72. The molecule has 0 saturated heterocycles. The number of amides is 1. The van der Waals surface area contributed by atoms with Gasteiger partial charge in [-0.3, -0.25) is 9.59 Å². The van der Waals surface area contributed by atoms with E-state index in [2.05, 4.69) is 10.3 Å². The van der Waals surface area contributed by atoms with Crippen LogP contribution in [0.3, 0.4) is 0 Å². The first-order chi connectivity index (χ1) is 12.0. The maximum Gasteiger partial charge on any atom is 0.329 e. The van der Waals surface area contributed by atoms with Crippen molar-refractivity contribution in [3.63, 3.8) is 0 Å². The topological polar surface area (TPSA) is 84.0 Å². The van der Waals surface area contributed by atoms with Gasteiger partial charge in [0.25, 0.3) is 5.56 Å². The quantitative estimate of drug-likeness (QED) is 0.764. The summed E-state index contributed by atoms with van der Waals surface area (Å²) >= 11 is 0. The minimum Gasteiger partial charge on any atom is -0.322 e. The molecule has 1 amide bonds. The monoisotopic (exact) mass is 341 g/mol. The van der Waals surface area contributed by atoms with Crippen LogP contribution in [0.5, 0.6) is 0 Å². The predicted octanol–water partition coefficient (Wildman–Crippen LogP) is 2.42. The van der Waals surface area contributed by atoms with Crippen LogP contribution in [-0.2, 0) is 4.79 Å². The number of nitrogens with one attached hydrogen (secondary N) is 2. The molecule has 0 radical (unpaired) electrons. The first-order valence-electron chi connectivity index (χ1n) is 7.82. The molecule has 3 rings (SSSR count). The number of aromatic amines is 1. The van der Waals surface area contributed by atoms with Gasteiger partial charge in [-0.15, -0.1) is 0 Å². The molecule has 0 saturated carbocycles. The van der Waals surface area contributed by atoms with Gasteiger partial charge in [-0.1, -0.05) is 31.2 Å². The van der Waals surface area contributed by atoms with Crippen LogP contribution in [-0.4, -0.2) is 15.5 Å². The Morgan fingerprint density at radius 2 is 1.84 bits per heavy atom. The number of rotatable bonds is 4. The molecule has 0 aliphatic heterocycles. The Morgan fingerprint density at radius 3 is 2.56 bits per heavy atom. The largest absolute Gasteiger partial charge is 0.329 e. The van der Waals surface area contributed by atoms with E-state index in [9.17, 15) is 18.8 Å². The number of halogens is 1. The van der Waals surface area contributed by atoms with Crippen molar-refractivity contribution in [3.8, 4) is 0 Å².